The summed E-state index contributed by atoms with van der Waals surface area (Å²) in [5.74, 6) is 0.812. The Morgan fingerprint density at radius 2 is 1.88 bits per heavy atom. The maximum atomic E-state index is 12.0. The number of amides is 1. The maximum Gasteiger partial charge on any atom is 0.224 e. The Labute approximate surface area is 147 Å². The number of aromatic nitrogens is 2. The molecule has 0 atom stereocenters. The first-order chi connectivity index (χ1) is 12.2. The molecule has 3 aromatic rings. The quantitative estimate of drug-likeness (QED) is 0.636. The Morgan fingerprint density at radius 1 is 1.12 bits per heavy atom. The van der Waals surface area contributed by atoms with Gasteiger partial charge in [0.1, 0.15) is 5.75 Å². The van der Waals surface area contributed by atoms with Crippen LogP contribution in [0.25, 0.3) is 11.3 Å². The largest absolute Gasteiger partial charge is 0.494 e. The first-order valence-corrected chi connectivity index (χ1v) is 8.31. The second kappa shape index (κ2) is 8.15. The normalized spacial score (nSPS) is 10.4. The number of nitrogens with one attached hydrogen (secondary N) is 2. The summed E-state index contributed by atoms with van der Waals surface area (Å²) in [4.78, 5) is 12.0. The summed E-state index contributed by atoms with van der Waals surface area (Å²) in [5, 5.41) is 10.0. The molecule has 1 amide bonds. The van der Waals surface area contributed by atoms with E-state index in [9.17, 15) is 4.79 Å². The lowest BCUT2D eigenvalue weighted by molar-refractivity contribution is -0.116. The van der Waals surface area contributed by atoms with Crippen LogP contribution in [0.1, 0.15) is 18.5 Å². The lowest BCUT2D eigenvalue weighted by Crippen LogP contribution is -2.12. The highest BCUT2D eigenvalue weighted by atomic mass is 16.5. The van der Waals surface area contributed by atoms with Gasteiger partial charge in [-0.1, -0.05) is 30.3 Å². The molecule has 0 fully saturated rings. The number of para-hydroxylation sites is 1. The first kappa shape index (κ1) is 16.8. The van der Waals surface area contributed by atoms with Crippen molar-refractivity contribution in [3.8, 4) is 17.0 Å². The molecule has 0 bridgehead atoms. The number of anilines is 1. The zero-order valence-electron chi connectivity index (χ0n) is 14.2. The number of aryl methyl sites for hydroxylation is 1. The van der Waals surface area contributed by atoms with E-state index in [-0.39, 0.29) is 5.91 Å². The molecule has 0 aliphatic rings. The van der Waals surface area contributed by atoms with Crippen LogP contribution in [0.2, 0.25) is 0 Å². The Morgan fingerprint density at radius 3 is 2.56 bits per heavy atom. The fourth-order valence-corrected chi connectivity index (χ4v) is 2.45. The van der Waals surface area contributed by atoms with E-state index in [2.05, 4.69) is 15.5 Å². The number of aromatic amines is 1. The summed E-state index contributed by atoms with van der Waals surface area (Å²) >= 11 is 0. The van der Waals surface area contributed by atoms with Gasteiger partial charge in [0, 0.05) is 23.4 Å². The second-order valence-electron chi connectivity index (χ2n) is 5.83. The smallest absolute Gasteiger partial charge is 0.224 e. The molecule has 0 aliphatic heterocycles. The number of nitrogens with zero attached hydrogens (tertiary/aromatic N) is 1. The second-order valence-corrected chi connectivity index (χ2v) is 5.83. The van der Waals surface area contributed by atoms with E-state index in [1.165, 1.54) is 0 Å². The molecule has 0 saturated heterocycles. The molecule has 25 heavy (non-hydrogen) atoms. The van der Waals surface area contributed by atoms with Crippen LogP contribution in [0.5, 0.6) is 5.75 Å². The molecule has 0 saturated carbocycles. The van der Waals surface area contributed by atoms with Crippen molar-refractivity contribution in [3.05, 3.63) is 66.4 Å². The Hall–Kier alpha value is -3.08. The van der Waals surface area contributed by atoms with Gasteiger partial charge < -0.3 is 10.1 Å². The van der Waals surface area contributed by atoms with Gasteiger partial charge in [-0.25, -0.2) is 0 Å². The van der Waals surface area contributed by atoms with Gasteiger partial charge in [0.2, 0.25) is 5.91 Å². The van der Waals surface area contributed by atoms with E-state index in [0.717, 1.165) is 28.4 Å². The number of hydrogen-bond donors (Lipinski definition) is 2. The van der Waals surface area contributed by atoms with Crippen molar-refractivity contribution in [2.24, 2.45) is 0 Å². The van der Waals surface area contributed by atoms with Gasteiger partial charge in [0.25, 0.3) is 0 Å². The van der Waals surface area contributed by atoms with Crippen LogP contribution in [-0.2, 0) is 4.79 Å². The van der Waals surface area contributed by atoms with Crippen molar-refractivity contribution in [2.75, 3.05) is 11.9 Å². The predicted molar refractivity (Wildman–Crippen MR) is 98.6 cm³/mol. The van der Waals surface area contributed by atoms with Crippen molar-refractivity contribution in [1.82, 2.24) is 10.2 Å². The van der Waals surface area contributed by atoms with E-state index < -0.39 is 0 Å². The summed E-state index contributed by atoms with van der Waals surface area (Å²) in [5.41, 5.74) is 3.71. The lowest BCUT2D eigenvalue weighted by Gasteiger charge is -2.07. The average Bonchev–Trinajstić information content (AvgIpc) is 3.07. The molecule has 0 unspecified atom stereocenters. The highest BCUT2D eigenvalue weighted by Crippen LogP contribution is 2.20. The van der Waals surface area contributed by atoms with E-state index in [1.807, 2.05) is 67.6 Å². The zero-order chi connectivity index (χ0) is 17.5. The monoisotopic (exact) mass is 335 g/mol. The summed E-state index contributed by atoms with van der Waals surface area (Å²) in [7, 11) is 0. The number of carbonyl (C=O) groups is 1. The minimum Gasteiger partial charge on any atom is -0.494 e. The molecular formula is C20H21N3O2. The van der Waals surface area contributed by atoms with Crippen molar-refractivity contribution < 1.29 is 9.53 Å². The lowest BCUT2D eigenvalue weighted by atomic mass is 10.1. The molecule has 0 radical (unpaired) electrons. The molecular weight excluding hydrogens is 314 g/mol. The fourth-order valence-electron chi connectivity index (χ4n) is 2.45. The van der Waals surface area contributed by atoms with Crippen molar-refractivity contribution in [3.63, 3.8) is 0 Å². The van der Waals surface area contributed by atoms with Gasteiger partial charge in [-0.15, -0.1) is 0 Å². The minimum absolute atomic E-state index is 0.0139. The molecule has 128 valence electrons. The fraction of sp³-hybridized carbons (Fsp3) is 0.200. The Kier molecular flexibility index (Phi) is 5.46. The van der Waals surface area contributed by atoms with Gasteiger partial charge in [-0.05, 0) is 43.7 Å². The van der Waals surface area contributed by atoms with E-state index in [4.69, 9.17) is 4.74 Å². The van der Waals surface area contributed by atoms with Crippen LogP contribution < -0.4 is 10.1 Å². The van der Waals surface area contributed by atoms with E-state index in [1.54, 1.807) is 0 Å². The summed E-state index contributed by atoms with van der Waals surface area (Å²) < 4.78 is 5.58. The van der Waals surface area contributed by atoms with Gasteiger partial charge in [0.05, 0.1) is 12.3 Å². The highest BCUT2D eigenvalue weighted by molar-refractivity contribution is 5.90. The van der Waals surface area contributed by atoms with Gasteiger partial charge in [0.15, 0.2) is 0 Å². The first-order valence-electron chi connectivity index (χ1n) is 8.31. The third-order valence-corrected chi connectivity index (χ3v) is 3.73. The SMILES string of the molecule is Cc1cc(-c2ccc(NC(=O)CCCOc3ccccc3)cc2)n[nH]1. The Balaban J connectivity index is 1.43. The molecule has 0 aliphatic carbocycles. The van der Waals surface area contributed by atoms with E-state index >= 15 is 0 Å². The van der Waals surface area contributed by atoms with E-state index in [0.29, 0.717) is 19.4 Å². The van der Waals surface area contributed by atoms with Crippen LogP contribution in [0, 0.1) is 6.92 Å². The number of hydrogen-bond acceptors (Lipinski definition) is 3. The number of H-pyrrole nitrogens is 1. The third kappa shape index (κ3) is 4.94. The number of carbonyl (C=O) groups excluding carboxylic acids is 1. The molecule has 1 aromatic heterocycles. The molecule has 5 heteroatoms. The van der Waals surface area contributed by atoms with Crippen molar-refractivity contribution in [1.29, 1.82) is 0 Å². The van der Waals surface area contributed by atoms with Gasteiger partial charge >= 0.3 is 0 Å². The molecule has 0 spiro atoms. The third-order valence-electron chi connectivity index (χ3n) is 3.73. The summed E-state index contributed by atoms with van der Waals surface area (Å²) in [6.45, 7) is 2.49. The Bertz CT molecular complexity index is 810. The standard InChI is InChI=1S/C20H21N3O2/c1-15-14-19(23-22-15)16-9-11-17(12-10-16)21-20(24)8-5-13-25-18-6-3-2-4-7-18/h2-4,6-7,9-12,14H,5,8,13H2,1H3,(H,21,24)(H,22,23). The summed E-state index contributed by atoms with van der Waals surface area (Å²) in [6.07, 6.45) is 1.10. The molecule has 2 N–H and O–H groups in total. The van der Waals surface area contributed by atoms with Crippen LogP contribution >= 0.6 is 0 Å². The van der Waals surface area contributed by atoms with Crippen LogP contribution in [0.3, 0.4) is 0 Å². The van der Waals surface area contributed by atoms with Crippen molar-refractivity contribution in [2.45, 2.75) is 19.8 Å². The molecule has 3 rings (SSSR count). The molecule has 2 aromatic carbocycles. The average molecular weight is 335 g/mol. The van der Waals surface area contributed by atoms with Crippen LogP contribution in [0.15, 0.2) is 60.7 Å². The molecule has 5 nitrogen and oxygen atoms in total. The van der Waals surface area contributed by atoms with Gasteiger partial charge in [-0.2, -0.15) is 5.10 Å². The van der Waals surface area contributed by atoms with Crippen molar-refractivity contribution >= 4 is 11.6 Å². The molecule has 1 heterocycles. The number of benzene rings is 2. The summed E-state index contributed by atoms with van der Waals surface area (Å²) in [6, 6.07) is 19.3. The van der Waals surface area contributed by atoms with Crippen LogP contribution in [-0.4, -0.2) is 22.7 Å². The highest BCUT2D eigenvalue weighted by Gasteiger charge is 2.05. The number of rotatable bonds is 7. The van der Waals surface area contributed by atoms with Gasteiger partial charge in [-0.3, -0.25) is 9.89 Å². The number of ether oxygens (including phenoxy) is 1. The minimum atomic E-state index is -0.0139. The maximum absolute atomic E-state index is 12.0. The zero-order valence-corrected chi connectivity index (χ0v) is 14.2. The van der Waals surface area contributed by atoms with Crippen LogP contribution in [0.4, 0.5) is 5.69 Å². The predicted octanol–water partition coefficient (Wildman–Crippen LogP) is 4.18. The topological polar surface area (TPSA) is 67.0 Å².